The van der Waals surface area contributed by atoms with Crippen molar-refractivity contribution in [3.05, 3.63) is 59.2 Å². The second-order valence-electron chi connectivity index (χ2n) is 7.02. The number of para-hydroxylation sites is 1. The number of carbonyl (C=O) groups excluding carboxylic acids is 2. The molecule has 1 amide bonds. The number of amides is 1. The van der Waals surface area contributed by atoms with E-state index in [4.69, 9.17) is 4.74 Å². The van der Waals surface area contributed by atoms with E-state index in [9.17, 15) is 9.59 Å². The normalized spacial score (nSPS) is 19.0. The number of benzene rings is 2. The molecule has 1 heterocycles. The number of rotatable bonds is 4. The van der Waals surface area contributed by atoms with Gasteiger partial charge in [0.25, 0.3) is 5.91 Å². The molecule has 0 radical (unpaired) electrons. The van der Waals surface area contributed by atoms with Crippen molar-refractivity contribution in [2.24, 2.45) is 0 Å². The van der Waals surface area contributed by atoms with Crippen LogP contribution < -0.4 is 5.32 Å². The van der Waals surface area contributed by atoms with E-state index in [0.717, 1.165) is 21.7 Å². The van der Waals surface area contributed by atoms with Crippen molar-refractivity contribution in [3.63, 3.8) is 0 Å². The van der Waals surface area contributed by atoms with Gasteiger partial charge in [0.05, 0.1) is 11.3 Å². The van der Waals surface area contributed by atoms with Crippen LogP contribution in [0.2, 0.25) is 0 Å². The van der Waals surface area contributed by atoms with E-state index in [-0.39, 0.29) is 5.91 Å². The summed E-state index contributed by atoms with van der Waals surface area (Å²) in [6.07, 6.45) is 2.32. The number of thioether (sulfide) groups is 1. The summed E-state index contributed by atoms with van der Waals surface area (Å²) in [4.78, 5) is 26.4. The van der Waals surface area contributed by atoms with Crippen LogP contribution in [-0.4, -0.2) is 23.7 Å². The number of esters is 1. The molecule has 1 unspecified atom stereocenters. The van der Waals surface area contributed by atoms with Gasteiger partial charge in [0.1, 0.15) is 0 Å². The molecule has 0 saturated carbocycles. The third-order valence-electron chi connectivity index (χ3n) is 4.70. The lowest BCUT2D eigenvalue weighted by molar-refractivity contribution is -0.134. The highest BCUT2D eigenvalue weighted by molar-refractivity contribution is 7.98. The minimum absolute atomic E-state index is 0.312. The Hall–Kier alpha value is -2.27. The zero-order valence-corrected chi connectivity index (χ0v) is 16.3. The zero-order valence-electron chi connectivity index (χ0n) is 15.5. The maximum absolute atomic E-state index is 12.9. The summed E-state index contributed by atoms with van der Waals surface area (Å²) in [5.74, 6) is -0.405. The third-order valence-corrected chi connectivity index (χ3v) is 5.49. The first-order valence-corrected chi connectivity index (χ1v) is 9.87. The van der Waals surface area contributed by atoms with Crippen LogP contribution in [-0.2, 0) is 16.0 Å². The molecule has 1 aliphatic rings. The van der Waals surface area contributed by atoms with E-state index >= 15 is 0 Å². The van der Waals surface area contributed by atoms with Crippen LogP contribution in [0.3, 0.4) is 0 Å². The summed E-state index contributed by atoms with van der Waals surface area (Å²) in [5.41, 5.74) is 2.05. The molecule has 1 aliphatic heterocycles. The summed E-state index contributed by atoms with van der Waals surface area (Å²) in [6, 6.07) is 13.3. The van der Waals surface area contributed by atoms with E-state index in [2.05, 4.69) is 19.2 Å². The molecule has 0 fully saturated rings. The van der Waals surface area contributed by atoms with Gasteiger partial charge < -0.3 is 10.1 Å². The summed E-state index contributed by atoms with van der Waals surface area (Å²) >= 11 is 1.55. The van der Waals surface area contributed by atoms with E-state index < -0.39 is 11.6 Å². The average molecular weight is 369 g/mol. The van der Waals surface area contributed by atoms with Gasteiger partial charge in [-0.3, -0.25) is 4.79 Å². The van der Waals surface area contributed by atoms with Crippen molar-refractivity contribution in [1.29, 1.82) is 0 Å². The van der Waals surface area contributed by atoms with Gasteiger partial charge in [0.15, 0.2) is 5.60 Å². The highest BCUT2D eigenvalue weighted by Gasteiger charge is 2.43. The Kier molecular flexibility index (Phi) is 5.10. The first kappa shape index (κ1) is 18.5. The van der Waals surface area contributed by atoms with E-state index in [1.165, 1.54) is 0 Å². The van der Waals surface area contributed by atoms with Gasteiger partial charge in [0, 0.05) is 11.3 Å². The van der Waals surface area contributed by atoms with Crippen LogP contribution in [0.1, 0.15) is 48.2 Å². The molecular formula is C21H23NO3S. The summed E-state index contributed by atoms with van der Waals surface area (Å²) in [6.45, 7) is 5.88. The lowest BCUT2D eigenvalue weighted by Crippen LogP contribution is -2.49. The molecule has 1 atom stereocenters. The zero-order chi connectivity index (χ0) is 18.9. The fourth-order valence-corrected chi connectivity index (χ4v) is 3.66. The summed E-state index contributed by atoms with van der Waals surface area (Å²) < 4.78 is 5.55. The second kappa shape index (κ2) is 7.16. The number of carbonyl (C=O) groups is 2. The number of anilines is 1. The number of nitrogens with one attached hydrogen (secondary N) is 1. The highest BCUT2D eigenvalue weighted by Crippen LogP contribution is 2.32. The molecule has 0 saturated heterocycles. The monoisotopic (exact) mass is 369 g/mol. The van der Waals surface area contributed by atoms with Crippen LogP contribution in [0, 0.1) is 0 Å². The molecule has 0 bridgehead atoms. The number of hydrogen-bond donors (Lipinski definition) is 1. The number of hydrogen-bond acceptors (Lipinski definition) is 4. The molecule has 0 spiro atoms. The molecule has 26 heavy (non-hydrogen) atoms. The lowest BCUT2D eigenvalue weighted by atomic mass is 9.86. The van der Waals surface area contributed by atoms with E-state index in [0.29, 0.717) is 17.9 Å². The fourth-order valence-electron chi connectivity index (χ4n) is 3.11. The van der Waals surface area contributed by atoms with E-state index in [1.54, 1.807) is 24.8 Å². The number of cyclic esters (lactones) is 1. The molecule has 0 aromatic heterocycles. The quantitative estimate of drug-likeness (QED) is 0.630. The molecule has 1 N–H and O–H groups in total. The topological polar surface area (TPSA) is 55.4 Å². The van der Waals surface area contributed by atoms with Gasteiger partial charge in [0.2, 0.25) is 0 Å². The van der Waals surface area contributed by atoms with Crippen LogP contribution in [0.25, 0.3) is 0 Å². The van der Waals surface area contributed by atoms with Crippen LogP contribution in [0.5, 0.6) is 0 Å². The van der Waals surface area contributed by atoms with Gasteiger partial charge in [-0.05, 0) is 48.4 Å². The first-order valence-electron chi connectivity index (χ1n) is 8.64. The molecule has 3 rings (SSSR count). The maximum atomic E-state index is 12.9. The molecule has 4 nitrogen and oxygen atoms in total. The van der Waals surface area contributed by atoms with E-state index in [1.807, 2.05) is 42.7 Å². The Balaban J connectivity index is 1.89. The molecule has 136 valence electrons. The average Bonchev–Trinajstić information content (AvgIpc) is 2.61. The van der Waals surface area contributed by atoms with Crippen molar-refractivity contribution < 1.29 is 14.3 Å². The highest BCUT2D eigenvalue weighted by atomic mass is 32.2. The molecule has 0 aliphatic carbocycles. The molecule has 2 aromatic carbocycles. The molecule has 5 heteroatoms. The third kappa shape index (κ3) is 3.49. The van der Waals surface area contributed by atoms with Crippen molar-refractivity contribution >= 4 is 29.3 Å². The summed E-state index contributed by atoms with van der Waals surface area (Å²) in [5, 5.41) is 2.92. The van der Waals surface area contributed by atoms with Crippen LogP contribution in [0.4, 0.5) is 5.69 Å². The van der Waals surface area contributed by atoms with Gasteiger partial charge in [-0.1, -0.05) is 38.1 Å². The number of fused-ring (bicyclic) bond motifs is 1. The predicted octanol–water partition coefficient (Wildman–Crippen LogP) is 4.64. The lowest BCUT2D eigenvalue weighted by Gasteiger charge is -2.33. The minimum Gasteiger partial charge on any atom is -0.445 e. The van der Waals surface area contributed by atoms with Gasteiger partial charge in [-0.25, -0.2) is 4.79 Å². The number of ether oxygens (including phenoxy) is 1. The van der Waals surface area contributed by atoms with Crippen molar-refractivity contribution in [2.75, 3.05) is 11.6 Å². The Bertz CT molecular complexity index is 862. The standard InChI is InChI=1S/C21H23NO3S/c1-13(2)14-9-10-16-15(11-14)12-21(3,25-19(16)23)20(24)22-17-7-5-6-8-18(17)26-4/h5-11,13H,12H2,1-4H3,(H,22,24). The van der Waals surface area contributed by atoms with Crippen LogP contribution in [0.15, 0.2) is 47.4 Å². The van der Waals surface area contributed by atoms with Crippen molar-refractivity contribution in [1.82, 2.24) is 0 Å². The van der Waals surface area contributed by atoms with Crippen molar-refractivity contribution in [2.45, 2.75) is 43.6 Å². The largest absolute Gasteiger partial charge is 0.445 e. The smallest absolute Gasteiger partial charge is 0.339 e. The predicted molar refractivity (Wildman–Crippen MR) is 105 cm³/mol. The van der Waals surface area contributed by atoms with Gasteiger partial charge in [-0.15, -0.1) is 11.8 Å². The van der Waals surface area contributed by atoms with Gasteiger partial charge >= 0.3 is 5.97 Å². The molecular weight excluding hydrogens is 346 g/mol. The SMILES string of the molecule is CSc1ccccc1NC(=O)C1(C)Cc2cc(C(C)C)ccc2C(=O)O1. The Morgan fingerprint density at radius 3 is 2.65 bits per heavy atom. The first-order chi connectivity index (χ1) is 12.3. The summed E-state index contributed by atoms with van der Waals surface area (Å²) in [7, 11) is 0. The maximum Gasteiger partial charge on any atom is 0.339 e. The van der Waals surface area contributed by atoms with Crippen LogP contribution >= 0.6 is 11.8 Å². The Morgan fingerprint density at radius 2 is 1.96 bits per heavy atom. The Labute approximate surface area is 158 Å². The fraction of sp³-hybridized carbons (Fsp3) is 0.333. The molecule has 2 aromatic rings. The second-order valence-corrected chi connectivity index (χ2v) is 7.87. The minimum atomic E-state index is -1.23. The van der Waals surface area contributed by atoms with Gasteiger partial charge in [-0.2, -0.15) is 0 Å². The Morgan fingerprint density at radius 1 is 1.23 bits per heavy atom. The van der Waals surface area contributed by atoms with Crippen molar-refractivity contribution in [3.8, 4) is 0 Å².